The summed E-state index contributed by atoms with van der Waals surface area (Å²) in [6.45, 7) is 5.64. The highest BCUT2D eigenvalue weighted by atomic mass is 16.5. The summed E-state index contributed by atoms with van der Waals surface area (Å²) in [6, 6.07) is 0. The van der Waals surface area contributed by atoms with Crippen LogP contribution in [0.3, 0.4) is 0 Å². The molecule has 0 spiro atoms. The number of rotatable bonds is 0. The summed E-state index contributed by atoms with van der Waals surface area (Å²) in [4.78, 5) is 37.0. The number of carbonyl (C=O) groups is 3. The number of hydrogen-bond acceptors (Lipinski definition) is 4. The predicted octanol–water partition coefficient (Wildman–Crippen LogP) is -1.84. The van der Waals surface area contributed by atoms with Crippen LogP contribution in [-0.2, 0) is 19.1 Å². The summed E-state index contributed by atoms with van der Waals surface area (Å²) in [7, 11) is 1.19. The lowest BCUT2D eigenvalue weighted by atomic mass is 9.65. The molecule has 0 saturated carbocycles. The Balaban J connectivity index is 2.26. The van der Waals surface area contributed by atoms with Gasteiger partial charge in [-0.1, -0.05) is 0 Å². The van der Waals surface area contributed by atoms with E-state index in [-0.39, 0.29) is 5.78 Å². The molecule has 100 valence electrons. The monoisotopic (exact) mass is 255 g/mol. The first-order chi connectivity index (χ1) is 8.32. The Morgan fingerprint density at radius 1 is 1.22 bits per heavy atom. The number of ketones is 1. The van der Waals surface area contributed by atoms with Crippen molar-refractivity contribution in [3.05, 3.63) is 0 Å². The molecule has 0 radical (unpaired) electrons. The molecule has 0 aromatic rings. The van der Waals surface area contributed by atoms with Crippen molar-refractivity contribution in [2.75, 3.05) is 33.3 Å². The van der Waals surface area contributed by atoms with Crippen LogP contribution in [0.5, 0.6) is 0 Å². The third kappa shape index (κ3) is 1.80. The lowest BCUT2D eigenvalue weighted by molar-refractivity contribution is -0.681. The van der Waals surface area contributed by atoms with E-state index in [4.69, 9.17) is 0 Å². The smallest absolute Gasteiger partial charge is 0.396 e. The minimum absolute atomic E-state index is 0.200. The van der Waals surface area contributed by atoms with Crippen molar-refractivity contribution in [1.82, 2.24) is 4.90 Å². The summed E-state index contributed by atoms with van der Waals surface area (Å²) in [6.07, 6.45) is 0. The van der Waals surface area contributed by atoms with Gasteiger partial charge in [0.25, 0.3) is 0 Å². The van der Waals surface area contributed by atoms with Crippen LogP contribution in [0.2, 0.25) is 0 Å². The van der Waals surface area contributed by atoms with E-state index >= 15 is 0 Å². The van der Waals surface area contributed by atoms with Gasteiger partial charge in [0, 0.05) is 13.1 Å². The fourth-order valence-electron chi connectivity index (χ4n) is 3.15. The van der Waals surface area contributed by atoms with Crippen molar-refractivity contribution in [2.45, 2.75) is 13.8 Å². The molecule has 1 amide bonds. The van der Waals surface area contributed by atoms with Crippen LogP contribution in [0.4, 0.5) is 0 Å². The highest BCUT2D eigenvalue weighted by Gasteiger charge is 2.57. The molecule has 6 nitrogen and oxygen atoms in total. The molecule has 2 N–H and O–H groups in total. The van der Waals surface area contributed by atoms with Gasteiger partial charge in [0.05, 0.1) is 31.0 Å². The van der Waals surface area contributed by atoms with Crippen LogP contribution in [0, 0.1) is 10.8 Å². The molecule has 2 bridgehead atoms. The lowest BCUT2D eigenvalue weighted by Crippen LogP contribution is -2.96. The normalized spacial score (nSPS) is 35.3. The van der Waals surface area contributed by atoms with Gasteiger partial charge in [-0.15, -0.1) is 0 Å². The van der Waals surface area contributed by atoms with Crippen LogP contribution in [0.1, 0.15) is 13.8 Å². The zero-order chi connectivity index (χ0) is 13.6. The molecular weight excluding hydrogens is 236 g/mol. The fraction of sp³-hybridized carbons (Fsp3) is 0.750. The van der Waals surface area contributed by atoms with Crippen LogP contribution in [-0.4, -0.2) is 55.8 Å². The van der Waals surface area contributed by atoms with E-state index in [0.29, 0.717) is 26.2 Å². The molecule has 6 heteroatoms. The largest absolute Gasteiger partial charge is 0.462 e. The molecule has 0 unspecified atom stereocenters. The summed E-state index contributed by atoms with van der Waals surface area (Å²) in [5.74, 6) is -1.31. The van der Waals surface area contributed by atoms with Crippen molar-refractivity contribution in [2.24, 2.45) is 10.8 Å². The van der Waals surface area contributed by atoms with E-state index < -0.39 is 22.7 Å². The number of quaternary nitrogens is 1. The number of amides is 1. The van der Waals surface area contributed by atoms with Crippen LogP contribution in [0.25, 0.3) is 0 Å². The minimum Gasteiger partial charge on any atom is -0.462 e. The number of piperidine rings is 2. The number of methoxy groups -OCH3 is 1. The summed E-state index contributed by atoms with van der Waals surface area (Å²) in [5.41, 5.74) is -1.12. The highest BCUT2D eigenvalue weighted by molar-refractivity contribution is 6.32. The van der Waals surface area contributed by atoms with Gasteiger partial charge >= 0.3 is 11.9 Å². The quantitative estimate of drug-likeness (QED) is 0.407. The molecule has 0 aromatic carbocycles. The maximum atomic E-state index is 12.4. The van der Waals surface area contributed by atoms with Gasteiger partial charge in [0.2, 0.25) is 0 Å². The Morgan fingerprint density at radius 2 is 1.72 bits per heavy atom. The SMILES string of the molecule is COC(=O)C(=O)N1C[C@]2(C)C[NH2+]C[C@@](C)(C1)C2=O. The number of esters is 1. The van der Waals surface area contributed by atoms with Gasteiger partial charge < -0.3 is 15.0 Å². The molecule has 2 saturated heterocycles. The molecule has 0 aromatic heterocycles. The van der Waals surface area contributed by atoms with Gasteiger partial charge in [-0.3, -0.25) is 9.59 Å². The highest BCUT2D eigenvalue weighted by Crippen LogP contribution is 2.37. The van der Waals surface area contributed by atoms with Gasteiger partial charge in [-0.25, -0.2) is 4.79 Å². The van der Waals surface area contributed by atoms with E-state index in [9.17, 15) is 14.4 Å². The van der Waals surface area contributed by atoms with Crippen molar-refractivity contribution < 1.29 is 24.4 Å². The number of Topliss-reactive ketones (excluding diaryl/α,β-unsaturated/α-hetero) is 1. The second-order valence-corrected chi connectivity index (χ2v) is 5.80. The van der Waals surface area contributed by atoms with Gasteiger partial charge in [0.1, 0.15) is 0 Å². The average Bonchev–Trinajstić information content (AvgIpc) is 2.31. The van der Waals surface area contributed by atoms with Gasteiger partial charge in [-0.2, -0.15) is 0 Å². The number of carbonyl (C=O) groups excluding carboxylic acids is 3. The van der Waals surface area contributed by atoms with Crippen LogP contribution < -0.4 is 5.32 Å². The first-order valence-electron chi connectivity index (χ1n) is 6.06. The molecule has 18 heavy (non-hydrogen) atoms. The first kappa shape index (κ1) is 13.0. The van der Waals surface area contributed by atoms with E-state index in [1.165, 1.54) is 12.0 Å². The van der Waals surface area contributed by atoms with Crippen molar-refractivity contribution in [3.63, 3.8) is 0 Å². The Labute approximate surface area is 106 Å². The molecule has 2 aliphatic rings. The Hall–Kier alpha value is -1.43. The zero-order valence-corrected chi connectivity index (χ0v) is 11.0. The Morgan fingerprint density at radius 3 is 2.17 bits per heavy atom. The van der Waals surface area contributed by atoms with E-state index in [0.717, 1.165) is 0 Å². The summed E-state index contributed by atoms with van der Waals surface area (Å²) >= 11 is 0. The fourth-order valence-corrected chi connectivity index (χ4v) is 3.15. The van der Waals surface area contributed by atoms with Crippen LogP contribution >= 0.6 is 0 Å². The topological polar surface area (TPSA) is 80.3 Å². The maximum Gasteiger partial charge on any atom is 0.396 e. The van der Waals surface area contributed by atoms with Gasteiger partial charge in [-0.05, 0) is 13.8 Å². The number of hydrogen-bond donors (Lipinski definition) is 1. The second-order valence-electron chi connectivity index (χ2n) is 5.80. The summed E-state index contributed by atoms with van der Waals surface area (Å²) in [5, 5.41) is 2.11. The third-order valence-corrected chi connectivity index (χ3v) is 4.01. The molecular formula is C12H19N2O4+. The van der Waals surface area contributed by atoms with Crippen molar-refractivity contribution in [3.8, 4) is 0 Å². The number of ether oxygens (including phenoxy) is 1. The second kappa shape index (κ2) is 4.05. The van der Waals surface area contributed by atoms with Crippen LogP contribution in [0.15, 0.2) is 0 Å². The molecule has 2 rings (SSSR count). The predicted molar refractivity (Wildman–Crippen MR) is 61.5 cm³/mol. The number of nitrogens with two attached hydrogens (primary N) is 1. The van der Waals surface area contributed by atoms with E-state index in [1.807, 2.05) is 13.8 Å². The molecule has 2 heterocycles. The average molecular weight is 255 g/mol. The number of nitrogens with zero attached hydrogens (tertiary/aromatic N) is 1. The Kier molecular flexibility index (Phi) is 2.93. The van der Waals surface area contributed by atoms with Crippen molar-refractivity contribution >= 4 is 17.7 Å². The third-order valence-electron chi connectivity index (χ3n) is 4.01. The molecule has 2 fully saturated rings. The zero-order valence-electron chi connectivity index (χ0n) is 11.0. The lowest BCUT2D eigenvalue weighted by Gasteiger charge is -2.49. The molecule has 2 atom stereocenters. The minimum atomic E-state index is -0.862. The summed E-state index contributed by atoms with van der Waals surface area (Å²) < 4.78 is 4.46. The van der Waals surface area contributed by atoms with E-state index in [2.05, 4.69) is 10.1 Å². The Bertz CT molecular complexity index is 400. The van der Waals surface area contributed by atoms with Gasteiger partial charge in [0.15, 0.2) is 5.78 Å². The van der Waals surface area contributed by atoms with Crippen molar-refractivity contribution in [1.29, 1.82) is 0 Å². The number of fused-ring (bicyclic) bond motifs is 2. The standard InChI is InChI=1S/C12H18N2O4/c1-11-4-13-5-12(2,10(11)17)7-14(6-11)8(15)9(16)18-3/h13H,4-7H2,1-3H3/p+1/t11-,12-/m0/s1. The first-order valence-corrected chi connectivity index (χ1v) is 6.06. The number of likely N-dealkylation sites (tertiary alicyclic amines) is 1. The van der Waals surface area contributed by atoms with E-state index in [1.54, 1.807) is 0 Å². The maximum absolute atomic E-state index is 12.4. The molecule has 2 aliphatic heterocycles. The molecule has 0 aliphatic carbocycles.